The first-order valence-corrected chi connectivity index (χ1v) is 7.43. The van der Waals surface area contributed by atoms with E-state index >= 15 is 0 Å². The molecule has 6 nitrogen and oxygen atoms in total. The van der Waals surface area contributed by atoms with Gasteiger partial charge >= 0.3 is 0 Å². The van der Waals surface area contributed by atoms with Gasteiger partial charge in [-0.3, -0.25) is 20.4 Å². The normalized spacial score (nSPS) is 9.87. The first kappa shape index (κ1) is 16.8. The molecule has 0 aliphatic carbocycles. The van der Waals surface area contributed by atoms with Crippen LogP contribution in [-0.4, -0.2) is 26.0 Å². The zero-order chi connectivity index (χ0) is 16.8. The number of ether oxygens (including phenoxy) is 2. The van der Waals surface area contributed by atoms with Crippen molar-refractivity contribution in [3.05, 3.63) is 58.1 Å². The number of rotatable bonds is 4. The summed E-state index contributed by atoms with van der Waals surface area (Å²) in [6, 6.07) is 11.6. The molecule has 120 valence electrons. The molecule has 2 aromatic rings. The minimum absolute atomic E-state index is 0.329. The van der Waals surface area contributed by atoms with Crippen molar-refractivity contribution in [2.24, 2.45) is 0 Å². The van der Waals surface area contributed by atoms with E-state index in [1.165, 1.54) is 20.3 Å². The van der Waals surface area contributed by atoms with Crippen LogP contribution in [0.15, 0.2) is 46.9 Å². The number of halogens is 1. The standard InChI is InChI=1S/C16H15BrN2O4/c1-22-13-8-7-10(9-14(13)23-2)15(20)18-19-16(21)11-5-3-4-6-12(11)17/h3-9H,1-2H3,(H,18,20)(H,19,21). The molecule has 0 aromatic heterocycles. The van der Waals surface area contributed by atoms with Crippen LogP contribution in [0.1, 0.15) is 20.7 Å². The van der Waals surface area contributed by atoms with Crippen molar-refractivity contribution in [2.45, 2.75) is 0 Å². The molecule has 0 radical (unpaired) electrons. The van der Waals surface area contributed by atoms with Crippen LogP contribution in [0, 0.1) is 0 Å². The van der Waals surface area contributed by atoms with E-state index in [0.717, 1.165) is 0 Å². The maximum absolute atomic E-state index is 12.1. The summed E-state index contributed by atoms with van der Waals surface area (Å²) in [6.45, 7) is 0. The quantitative estimate of drug-likeness (QED) is 0.801. The minimum atomic E-state index is -0.466. The van der Waals surface area contributed by atoms with Gasteiger partial charge in [-0.2, -0.15) is 0 Å². The van der Waals surface area contributed by atoms with Gasteiger partial charge in [0.1, 0.15) is 0 Å². The minimum Gasteiger partial charge on any atom is -0.493 e. The maximum atomic E-state index is 12.1. The van der Waals surface area contributed by atoms with E-state index in [2.05, 4.69) is 26.8 Å². The third-order valence-corrected chi connectivity index (χ3v) is 3.75. The highest BCUT2D eigenvalue weighted by atomic mass is 79.9. The Morgan fingerprint density at radius 2 is 1.57 bits per heavy atom. The van der Waals surface area contributed by atoms with Gasteiger partial charge < -0.3 is 9.47 Å². The number of nitrogens with one attached hydrogen (secondary N) is 2. The molecular formula is C16H15BrN2O4. The Bertz CT molecular complexity index is 734. The summed E-state index contributed by atoms with van der Waals surface area (Å²) in [6.07, 6.45) is 0. The lowest BCUT2D eigenvalue weighted by atomic mass is 10.2. The Morgan fingerprint density at radius 3 is 2.22 bits per heavy atom. The SMILES string of the molecule is COc1ccc(C(=O)NNC(=O)c2ccccc2Br)cc1OC. The second-order valence-electron chi connectivity index (χ2n) is 4.46. The maximum Gasteiger partial charge on any atom is 0.270 e. The van der Waals surface area contributed by atoms with Gasteiger partial charge in [0.15, 0.2) is 11.5 Å². The number of amides is 2. The van der Waals surface area contributed by atoms with Crippen LogP contribution < -0.4 is 20.3 Å². The lowest BCUT2D eigenvalue weighted by Crippen LogP contribution is -2.41. The fourth-order valence-electron chi connectivity index (χ4n) is 1.88. The first-order chi connectivity index (χ1) is 11.1. The molecule has 7 heteroatoms. The van der Waals surface area contributed by atoms with Gasteiger partial charge in [0.05, 0.1) is 19.8 Å². The number of carbonyl (C=O) groups is 2. The molecule has 0 fully saturated rings. The fraction of sp³-hybridized carbons (Fsp3) is 0.125. The molecule has 0 heterocycles. The van der Waals surface area contributed by atoms with Gasteiger partial charge in [0.25, 0.3) is 11.8 Å². The molecule has 0 aliphatic heterocycles. The van der Waals surface area contributed by atoms with Crippen LogP contribution in [0.25, 0.3) is 0 Å². The van der Waals surface area contributed by atoms with E-state index in [0.29, 0.717) is 27.1 Å². The smallest absolute Gasteiger partial charge is 0.270 e. The van der Waals surface area contributed by atoms with Gasteiger partial charge in [-0.05, 0) is 46.3 Å². The second-order valence-corrected chi connectivity index (χ2v) is 5.31. The average molecular weight is 379 g/mol. The zero-order valence-electron chi connectivity index (χ0n) is 12.6. The van der Waals surface area contributed by atoms with E-state index in [4.69, 9.17) is 9.47 Å². The van der Waals surface area contributed by atoms with E-state index in [9.17, 15) is 9.59 Å². The Hall–Kier alpha value is -2.54. The highest BCUT2D eigenvalue weighted by Gasteiger charge is 2.13. The van der Waals surface area contributed by atoms with Crippen molar-refractivity contribution in [1.82, 2.24) is 10.9 Å². The van der Waals surface area contributed by atoms with Crippen LogP contribution >= 0.6 is 15.9 Å². The van der Waals surface area contributed by atoms with Crippen LogP contribution in [0.3, 0.4) is 0 Å². The molecule has 0 unspecified atom stereocenters. The number of carbonyl (C=O) groups excluding carboxylic acids is 2. The van der Waals surface area contributed by atoms with Crippen LogP contribution in [0.4, 0.5) is 0 Å². The lowest BCUT2D eigenvalue weighted by Gasteiger charge is -2.11. The monoisotopic (exact) mass is 378 g/mol. The predicted octanol–water partition coefficient (Wildman–Crippen LogP) is 2.54. The molecule has 0 bridgehead atoms. The molecule has 2 amide bonds. The molecule has 0 saturated carbocycles. The highest BCUT2D eigenvalue weighted by Crippen LogP contribution is 2.27. The van der Waals surface area contributed by atoms with Crippen molar-refractivity contribution in [3.8, 4) is 11.5 Å². The Labute approximate surface area is 141 Å². The van der Waals surface area contributed by atoms with Gasteiger partial charge in [0.2, 0.25) is 0 Å². The summed E-state index contributed by atoms with van der Waals surface area (Å²) in [7, 11) is 2.99. The van der Waals surface area contributed by atoms with Crippen LogP contribution in [0.2, 0.25) is 0 Å². The average Bonchev–Trinajstić information content (AvgIpc) is 2.59. The summed E-state index contributed by atoms with van der Waals surface area (Å²) < 4.78 is 10.9. The molecule has 0 spiro atoms. The van der Waals surface area contributed by atoms with Crippen molar-refractivity contribution >= 4 is 27.7 Å². The third kappa shape index (κ3) is 4.01. The molecule has 2 rings (SSSR count). The summed E-state index contributed by atoms with van der Waals surface area (Å²) in [5, 5.41) is 0. The molecule has 0 atom stereocenters. The summed E-state index contributed by atoms with van der Waals surface area (Å²) in [5.74, 6) is 0.0521. The summed E-state index contributed by atoms with van der Waals surface area (Å²) >= 11 is 3.28. The van der Waals surface area contributed by atoms with Gasteiger partial charge in [-0.1, -0.05) is 12.1 Å². The Kier molecular flexibility index (Phi) is 5.59. The highest BCUT2D eigenvalue weighted by molar-refractivity contribution is 9.10. The van der Waals surface area contributed by atoms with E-state index in [1.54, 1.807) is 36.4 Å². The molecule has 2 N–H and O–H groups in total. The van der Waals surface area contributed by atoms with Gasteiger partial charge in [-0.25, -0.2) is 0 Å². The van der Waals surface area contributed by atoms with Crippen molar-refractivity contribution < 1.29 is 19.1 Å². The molecule has 2 aromatic carbocycles. The van der Waals surface area contributed by atoms with Crippen LogP contribution in [0.5, 0.6) is 11.5 Å². The van der Waals surface area contributed by atoms with Gasteiger partial charge in [-0.15, -0.1) is 0 Å². The molecule has 0 saturated heterocycles. The molecule has 23 heavy (non-hydrogen) atoms. The van der Waals surface area contributed by atoms with Gasteiger partial charge in [0, 0.05) is 10.0 Å². The van der Waals surface area contributed by atoms with E-state index < -0.39 is 11.8 Å². The largest absolute Gasteiger partial charge is 0.493 e. The van der Waals surface area contributed by atoms with E-state index in [1.807, 2.05) is 0 Å². The fourth-order valence-corrected chi connectivity index (χ4v) is 2.34. The Balaban J connectivity index is 2.05. The number of hydrogen-bond donors (Lipinski definition) is 2. The summed E-state index contributed by atoms with van der Waals surface area (Å²) in [5.41, 5.74) is 5.47. The zero-order valence-corrected chi connectivity index (χ0v) is 14.1. The number of hydrogen-bond acceptors (Lipinski definition) is 4. The summed E-state index contributed by atoms with van der Waals surface area (Å²) in [4.78, 5) is 24.1. The lowest BCUT2D eigenvalue weighted by molar-refractivity contribution is 0.0846. The van der Waals surface area contributed by atoms with Crippen LogP contribution in [-0.2, 0) is 0 Å². The number of methoxy groups -OCH3 is 2. The molecular weight excluding hydrogens is 364 g/mol. The number of benzene rings is 2. The van der Waals surface area contributed by atoms with Crippen molar-refractivity contribution in [1.29, 1.82) is 0 Å². The third-order valence-electron chi connectivity index (χ3n) is 3.05. The first-order valence-electron chi connectivity index (χ1n) is 6.64. The predicted molar refractivity (Wildman–Crippen MR) is 88.6 cm³/mol. The Morgan fingerprint density at radius 1 is 0.913 bits per heavy atom. The second kappa shape index (κ2) is 7.64. The van der Waals surface area contributed by atoms with Crippen molar-refractivity contribution in [2.75, 3.05) is 14.2 Å². The van der Waals surface area contributed by atoms with E-state index in [-0.39, 0.29) is 0 Å². The number of hydrazine groups is 1. The molecule has 0 aliphatic rings. The topological polar surface area (TPSA) is 76.7 Å². The van der Waals surface area contributed by atoms with Crippen molar-refractivity contribution in [3.63, 3.8) is 0 Å².